The molecule has 0 aliphatic heterocycles. The van der Waals surface area contributed by atoms with Gasteiger partial charge in [-0.3, -0.25) is 0 Å². The summed E-state index contributed by atoms with van der Waals surface area (Å²) in [5, 5.41) is 0. The van der Waals surface area contributed by atoms with Crippen molar-refractivity contribution in [2.45, 2.75) is 78.1 Å². The van der Waals surface area contributed by atoms with Crippen LogP contribution in [-0.4, -0.2) is 0 Å². The molecule has 0 aromatic heterocycles. The minimum atomic E-state index is 0. The van der Waals surface area contributed by atoms with Gasteiger partial charge in [-0.2, -0.15) is 56.6 Å². The SMILES string of the molecule is Cc1[cH-]c2c(c1CCc1c(C)[cH-]c3c1CCCC3)CCCC2.[Cl-].[Cl-].[Zr+4]. The summed E-state index contributed by atoms with van der Waals surface area (Å²) in [6.45, 7) is 4.67. The monoisotopic (exact) mass is 452 g/mol. The summed E-state index contributed by atoms with van der Waals surface area (Å²) < 4.78 is 0. The number of aryl methyl sites for hydroxylation is 4. The molecule has 4 rings (SSSR count). The zero-order valence-electron chi connectivity index (χ0n) is 15.5. The van der Waals surface area contributed by atoms with E-state index < -0.39 is 0 Å². The van der Waals surface area contributed by atoms with Crippen LogP contribution in [0.4, 0.5) is 0 Å². The third-order valence-electron chi connectivity index (χ3n) is 6.11. The fourth-order valence-corrected chi connectivity index (χ4v) is 4.98. The molecular formula is C22H28Cl2Zr. The number of rotatable bonds is 3. The Morgan fingerprint density at radius 1 is 0.640 bits per heavy atom. The van der Waals surface area contributed by atoms with E-state index in [0.29, 0.717) is 0 Å². The first-order chi connectivity index (χ1) is 10.7. The van der Waals surface area contributed by atoms with E-state index in [9.17, 15) is 0 Å². The molecule has 0 unspecified atom stereocenters. The van der Waals surface area contributed by atoms with Gasteiger partial charge in [0.15, 0.2) is 0 Å². The van der Waals surface area contributed by atoms with Crippen molar-refractivity contribution >= 4 is 0 Å². The molecule has 0 spiro atoms. The Morgan fingerprint density at radius 3 is 1.40 bits per heavy atom. The summed E-state index contributed by atoms with van der Waals surface area (Å²) in [6, 6.07) is 4.97. The van der Waals surface area contributed by atoms with Gasteiger partial charge < -0.3 is 24.8 Å². The van der Waals surface area contributed by atoms with Gasteiger partial charge in [0.25, 0.3) is 0 Å². The maximum atomic E-state index is 2.48. The minimum Gasteiger partial charge on any atom is -1.00 e. The third-order valence-corrected chi connectivity index (χ3v) is 6.11. The van der Waals surface area contributed by atoms with Gasteiger partial charge >= 0.3 is 26.2 Å². The molecule has 2 aromatic rings. The molecule has 2 aliphatic carbocycles. The average molecular weight is 455 g/mol. The van der Waals surface area contributed by atoms with Crippen molar-refractivity contribution in [3.63, 3.8) is 0 Å². The van der Waals surface area contributed by atoms with E-state index in [0.717, 1.165) is 0 Å². The topological polar surface area (TPSA) is 0 Å². The van der Waals surface area contributed by atoms with Crippen LogP contribution < -0.4 is 24.8 Å². The summed E-state index contributed by atoms with van der Waals surface area (Å²) in [5.74, 6) is 0. The predicted molar refractivity (Wildman–Crippen MR) is 94.2 cm³/mol. The van der Waals surface area contributed by atoms with Crippen molar-refractivity contribution in [3.05, 3.63) is 56.6 Å². The summed E-state index contributed by atoms with van der Waals surface area (Å²) in [4.78, 5) is 0. The van der Waals surface area contributed by atoms with Crippen LogP contribution in [0, 0.1) is 13.8 Å². The molecule has 0 amide bonds. The summed E-state index contributed by atoms with van der Waals surface area (Å²) in [7, 11) is 0. The molecule has 0 N–H and O–H groups in total. The Kier molecular flexibility index (Phi) is 9.20. The number of halogens is 2. The van der Waals surface area contributed by atoms with E-state index >= 15 is 0 Å². The predicted octanol–water partition coefficient (Wildman–Crippen LogP) is -0.710. The smallest absolute Gasteiger partial charge is 1.00 e. The zero-order valence-corrected chi connectivity index (χ0v) is 19.5. The quantitative estimate of drug-likeness (QED) is 0.538. The van der Waals surface area contributed by atoms with Crippen LogP contribution in [0.5, 0.6) is 0 Å². The molecule has 0 atom stereocenters. The van der Waals surface area contributed by atoms with E-state index in [4.69, 9.17) is 0 Å². The fourth-order valence-electron chi connectivity index (χ4n) is 4.98. The largest absolute Gasteiger partial charge is 4.00 e. The van der Waals surface area contributed by atoms with E-state index in [-0.39, 0.29) is 51.0 Å². The van der Waals surface area contributed by atoms with Gasteiger partial charge in [0, 0.05) is 0 Å². The van der Waals surface area contributed by atoms with Crippen LogP contribution in [-0.2, 0) is 64.7 Å². The molecule has 3 heteroatoms. The second-order valence-electron chi connectivity index (χ2n) is 7.53. The fraction of sp³-hybridized carbons (Fsp3) is 0.545. The van der Waals surface area contributed by atoms with Crippen molar-refractivity contribution in [1.82, 2.24) is 0 Å². The molecular weight excluding hydrogens is 426 g/mol. The van der Waals surface area contributed by atoms with Crippen LogP contribution in [0.3, 0.4) is 0 Å². The number of fused-ring (bicyclic) bond motifs is 2. The van der Waals surface area contributed by atoms with Crippen LogP contribution in [0.2, 0.25) is 0 Å². The van der Waals surface area contributed by atoms with Crippen molar-refractivity contribution in [2.75, 3.05) is 0 Å². The second kappa shape index (κ2) is 9.91. The van der Waals surface area contributed by atoms with E-state index in [2.05, 4.69) is 26.0 Å². The van der Waals surface area contributed by atoms with Gasteiger partial charge in [-0.15, -0.1) is 0 Å². The standard InChI is InChI=1S/C22H28.2ClH.Zr/c1-15-13-17-7-3-5-9-21(17)19(15)11-12-20-16(2)14-18-8-4-6-10-22(18)20;;;/h13-14H,3-12H2,1-2H3;2*1H;/q-2;;;+4/p-2. The number of hydrogen-bond donors (Lipinski definition) is 0. The van der Waals surface area contributed by atoms with Gasteiger partial charge in [-0.05, 0) is 0 Å². The first-order valence-corrected chi connectivity index (χ1v) is 9.28. The normalized spacial score (nSPS) is 15.3. The number of hydrogen-bond acceptors (Lipinski definition) is 0. The maximum absolute atomic E-state index is 2.48. The minimum absolute atomic E-state index is 0. The molecule has 2 aromatic carbocycles. The first kappa shape index (κ1) is 23.2. The van der Waals surface area contributed by atoms with Crippen LogP contribution in [0.15, 0.2) is 12.1 Å². The summed E-state index contributed by atoms with van der Waals surface area (Å²) in [6.07, 6.45) is 13.4. The van der Waals surface area contributed by atoms with Gasteiger partial charge in [0.05, 0.1) is 0 Å². The van der Waals surface area contributed by atoms with E-state index in [1.54, 1.807) is 44.5 Å². The second-order valence-corrected chi connectivity index (χ2v) is 7.53. The van der Waals surface area contributed by atoms with Crippen LogP contribution in [0.25, 0.3) is 0 Å². The molecule has 2 aliphatic rings. The van der Waals surface area contributed by atoms with E-state index in [1.165, 1.54) is 64.2 Å². The zero-order chi connectivity index (χ0) is 15.1. The van der Waals surface area contributed by atoms with E-state index in [1.807, 2.05) is 0 Å². The molecule has 0 radical (unpaired) electrons. The Balaban J connectivity index is 0.00000104. The van der Waals surface area contributed by atoms with Crippen molar-refractivity contribution < 1.29 is 51.0 Å². The van der Waals surface area contributed by atoms with Crippen LogP contribution >= 0.6 is 0 Å². The Hall–Kier alpha value is 0.163. The van der Waals surface area contributed by atoms with Gasteiger partial charge in [-0.25, -0.2) is 0 Å². The molecule has 0 bridgehead atoms. The van der Waals surface area contributed by atoms with Crippen LogP contribution in [0.1, 0.15) is 70.2 Å². The molecule has 0 saturated carbocycles. The summed E-state index contributed by atoms with van der Waals surface area (Å²) >= 11 is 0. The summed E-state index contributed by atoms with van der Waals surface area (Å²) in [5.41, 5.74) is 13.3. The van der Waals surface area contributed by atoms with Crippen molar-refractivity contribution in [2.24, 2.45) is 0 Å². The molecule has 25 heavy (non-hydrogen) atoms. The van der Waals surface area contributed by atoms with Crippen molar-refractivity contribution in [3.8, 4) is 0 Å². The maximum Gasteiger partial charge on any atom is 4.00 e. The molecule has 0 fully saturated rings. The molecule has 134 valence electrons. The molecule has 0 nitrogen and oxygen atoms in total. The van der Waals surface area contributed by atoms with Gasteiger partial charge in [0.1, 0.15) is 0 Å². The Labute approximate surface area is 184 Å². The Bertz CT molecular complexity index is 633. The first-order valence-electron chi connectivity index (χ1n) is 9.28. The average Bonchev–Trinajstić information content (AvgIpc) is 3.01. The molecule has 0 saturated heterocycles. The molecule has 0 heterocycles. The van der Waals surface area contributed by atoms with Gasteiger partial charge in [-0.1, -0.05) is 78.1 Å². The Morgan fingerprint density at radius 2 is 1.00 bits per heavy atom. The van der Waals surface area contributed by atoms with Gasteiger partial charge in [0.2, 0.25) is 0 Å². The van der Waals surface area contributed by atoms with Crippen molar-refractivity contribution in [1.29, 1.82) is 0 Å². The third kappa shape index (κ3) is 4.53.